The number of hydrogen-bond acceptors (Lipinski definition) is 8. The van der Waals surface area contributed by atoms with Crippen LogP contribution in [0.3, 0.4) is 0 Å². The van der Waals surface area contributed by atoms with Crippen LogP contribution in [0.25, 0.3) is 0 Å². The van der Waals surface area contributed by atoms with Gasteiger partial charge in [0.15, 0.2) is 5.82 Å². The Morgan fingerprint density at radius 1 is 1.23 bits per heavy atom. The molecule has 0 aliphatic carbocycles. The zero-order chi connectivity index (χ0) is 22.1. The first-order valence-corrected chi connectivity index (χ1v) is 10.7. The number of halogens is 2. The zero-order valence-electron chi connectivity index (χ0n) is 16.4. The van der Waals surface area contributed by atoms with Gasteiger partial charge in [-0.05, 0) is 26.0 Å². The van der Waals surface area contributed by atoms with Gasteiger partial charge < -0.3 is 5.32 Å². The molecular weight excluding hydrogens is 463 g/mol. The van der Waals surface area contributed by atoms with Crippen LogP contribution in [0, 0.1) is 17.0 Å². The number of benzene rings is 1. The van der Waals surface area contributed by atoms with Gasteiger partial charge in [-0.2, -0.15) is 10.2 Å². The summed E-state index contributed by atoms with van der Waals surface area (Å²) in [5.74, 6) is 0.587. The minimum atomic E-state index is -0.454. The van der Waals surface area contributed by atoms with E-state index >= 15 is 0 Å². The summed E-state index contributed by atoms with van der Waals surface area (Å²) in [4.78, 5) is 10.6. The van der Waals surface area contributed by atoms with Crippen molar-refractivity contribution >= 4 is 51.2 Å². The summed E-state index contributed by atoms with van der Waals surface area (Å²) >= 11 is 13.8. The second kappa shape index (κ2) is 8.61. The number of aromatic nitrogens is 6. The molecule has 4 aromatic rings. The summed E-state index contributed by atoms with van der Waals surface area (Å²) < 4.78 is 3.23. The van der Waals surface area contributed by atoms with E-state index in [1.807, 2.05) is 6.92 Å². The summed E-state index contributed by atoms with van der Waals surface area (Å²) in [5, 5.41) is 33.5. The van der Waals surface area contributed by atoms with Crippen molar-refractivity contribution < 1.29 is 4.92 Å². The Kier molecular flexibility index (Phi) is 5.90. The minimum absolute atomic E-state index is 0.0288. The normalized spacial score (nSPS) is 12.1. The van der Waals surface area contributed by atoms with E-state index in [9.17, 15) is 10.1 Å². The second-order valence-electron chi connectivity index (χ2n) is 6.68. The lowest BCUT2D eigenvalue weighted by atomic mass is 10.2. The molecule has 1 atom stereocenters. The lowest BCUT2D eigenvalue weighted by molar-refractivity contribution is -0.385. The molecule has 10 nitrogen and oxygen atoms in total. The van der Waals surface area contributed by atoms with E-state index in [1.165, 1.54) is 22.2 Å². The molecule has 0 amide bonds. The predicted octanol–water partition coefficient (Wildman–Crippen LogP) is 4.86. The van der Waals surface area contributed by atoms with Crippen LogP contribution in [0.4, 0.5) is 16.6 Å². The van der Waals surface area contributed by atoms with E-state index < -0.39 is 4.92 Å². The molecule has 160 valence electrons. The lowest BCUT2D eigenvalue weighted by Crippen LogP contribution is -2.07. The highest BCUT2D eigenvalue weighted by molar-refractivity contribution is 7.15. The maximum Gasteiger partial charge on any atom is 0.309 e. The summed E-state index contributed by atoms with van der Waals surface area (Å²) in [5.41, 5.74) is 1.11. The quantitative estimate of drug-likeness (QED) is 0.297. The molecule has 0 bridgehead atoms. The maximum absolute atomic E-state index is 11.0. The number of rotatable bonds is 7. The Hall–Kier alpha value is -3.02. The zero-order valence-corrected chi connectivity index (χ0v) is 18.7. The number of nitro groups is 1. The molecule has 0 aliphatic rings. The molecule has 0 radical (unpaired) electrons. The van der Waals surface area contributed by atoms with E-state index in [-0.39, 0.29) is 11.7 Å². The van der Waals surface area contributed by atoms with Crippen LogP contribution in [0.5, 0.6) is 0 Å². The fourth-order valence-electron chi connectivity index (χ4n) is 2.89. The molecule has 0 spiro atoms. The molecule has 13 heteroatoms. The van der Waals surface area contributed by atoms with E-state index in [0.717, 1.165) is 5.56 Å². The van der Waals surface area contributed by atoms with Crippen LogP contribution >= 0.6 is 34.5 Å². The maximum atomic E-state index is 11.0. The first-order chi connectivity index (χ1) is 14.8. The fraction of sp³-hybridized carbons (Fsp3) is 0.222. The highest BCUT2D eigenvalue weighted by atomic mass is 35.5. The smallest absolute Gasteiger partial charge is 0.309 e. The summed E-state index contributed by atoms with van der Waals surface area (Å²) in [6.45, 7) is 3.87. The Balaban J connectivity index is 1.46. The van der Waals surface area contributed by atoms with Gasteiger partial charge in [0.05, 0.1) is 11.5 Å². The van der Waals surface area contributed by atoms with E-state index in [0.29, 0.717) is 38.2 Å². The lowest BCUT2D eigenvalue weighted by Gasteiger charge is -2.07. The van der Waals surface area contributed by atoms with Crippen LogP contribution in [-0.2, 0) is 6.54 Å². The molecule has 0 unspecified atom stereocenters. The average molecular weight is 479 g/mol. The third-order valence-electron chi connectivity index (χ3n) is 4.54. The summed E-state index contributed by atoms with van der Waals surface area (Å²) in [6, 6.07) is 6.85. The number of nitrogens with zero attached hydrogens (tertiary/aromatic N) is 7. The van der Waals surface area contributed by atoms with Gasteiger partial charge >= 0.3 is 5.69 Å². The van der Waals surface area contributed by atoms with Crippen LogP contribution < -0.4 is 5.32 Å². The molecular formula is C18H16Cl2N8O2S. The standard InChI is InChI=1S/C18H16Cl2N8O2S/c1-10-15(28(29)30)9-27(24-10)11(2)17-22-23-18(31-17)21-16-6-7-26(25-16)8-12-13(19)4-3-5-14(12)20/h3-7,9,11H,8H2,1-2H3,(H,21,23,25)/t11-/m1/s1. The molecule has 1 aromatic carbocycles. The first-order valence-electron chi connectivity index (χ1n) is 9.08. The molecule has 31 heavy (non-hydrogen) atoms. The van der Waals surface area contributed by atoms with Crippen LogP contribution in [0.1, 0.15) is 29.2 Å². The minimum Gasteiger partial charge on any atom is -0.313 e. The van der Waals surface area contributed by atoms with Crippen molar-refractivity contribution in [3.8, 4) is 0 Å². The average Bonchev–Trinajstić information content (AvgIpc) is 3.45. The molecule has 1 N–H and O–H groups in total. The van der Waals surface area contributed by atoms with E-state index in [4.69, 9.17) is 23.2 Å². The Morgan fingerprint density at radius 3 is 2.65 bits per heavy atom. The predicted molar refractivity (Wildman–Crippen MR) is 118 cm³/mol. The monoisotopic (exact) mass is 478 g/mol. The number of anilines is 2. The van der Waals surface area contributed by atoms with Gasteiger partial charge in [0.2, 0.25) is 5.13 Å². The van der Waals surface area contributed by atoms with Crippen LogP contribution in [-0.4, -0.2) is 34.7 Å². The largest absolute Gasteiger partial charge is 0.313 e. The van der Waals surface area contributed by atoms with Crippen molar-refractivity contribution in [3.05, 3.63) is 73.1 Å². The van der Waals surface area contributed by atoms with E-state index in [1.54, 1.807) is 42.1 Å². The molecule has 3 aromatic heterocycles. The van der Waals surface area contributed by atoms with Crippen molar-refractivity contribution in [2.24, 2.45) is 0 Å². The Labute approximate surface area is 190 Å². The summed E-state index contributed by atoms with van der Waals surface area (Å²) in [7, 11) is 0. The number of aryl methyl sites for hydroxylation is 1. The van der Waals surface area contributed by atoms with E-state index in [2.05, 4.69) is 25.7 Å². The molecule has 4 rings (SSSR count). The van der Waals surface area contributed by atoms with Crippen molar-refractivity contribution in [3.63, 3.8) is 0 Å². The van der Waals surface area contributed by atoms with Gasteiger partial charge in [-0.1, -0.05) is 40.6 Å². The molecule has 0 aliphatic heterocycles. The Bertz CT molecular complexity index is 1230. The van der Waals surface area contributed by atoms with Crippen molar-refractivity contribution in [2.75, 3.05) is 5.32 Å². The highest BCUT2D eigenvalue weighted by Crippen LogP contribution is 2.29. The van der Waals surface area contributed by atoms with Crippen molar-refractivity contribution in [2.45, 2.75) is 26.4 Å². The highest BCUT2D eigenvalue weighted by Gasteiger charge is 2.21. The number of nitrogens with one attached hydrogen (secondary N) is 1. The molecule has 0 saturated carbocycles. The van der Waals surface area contributed by atoms with Gasteiger partial charge in [0.1, 0.15) is 22.9 Å². The SMILES string of the molecule is Cc1nn([C@H](C)c2nnc(Nc3ccn(Cc4c(Cl)cccc4Cl)n3)s2)cc1[N+](=O)[O-]. The molecule has 0 fully saturated rings. The van der Waals surface area contributed by atoms with Gasteiger partial charge in [-0.3, -0.25) is 19.5 Å². The van der Waals surface area contributed by atoms with Gasteiger partial charge in [0, 0.05) is 27.9 Å². The van der Waals surface area contributed by atoms with Crippen LogP contribution in [0.2, 0.25) is 10.0 Å². The fourth-order valence-corrected chi connectivity index (χ4v) is 4.20. The van der Waals surface area contributed by atoms with Crippen LogP contribution in [0.15, 0.2) is 36.7 Å². The van der Waals surface area contributed by atoms with Gasteiger partial charge in [-0.25, -0.2) is 0 Å². The van der Waals surface area contributed by atoms with Gasteiger partial charge in [0.25, 0.3) is 0 Å². The van der Waals surface area contributed by atoms with Gasteiger partial charge in [-0.15, -0.1) is 10.2 Å². The second-order valence-corrected chi connectivity index (χ2v) is 8.51. The third-order valence-corrected chi connectivity index (χ3v) is 6.26. The number of hydrogen-bond donors (Lipinski definition) is 1. The van der Waals surface area contributed by atoms with Crippen molar-refractivity contribution in [1.82, 2.24) is 29.8 Å². The first kappa shape index (κ1) is 21.2. The summed E-state index contributed by atoms with van der Waals surface area (Å²) in [6.07, 6.45) is 3.20. The third kappa shape index (κ3) is 4.53. The molecule has 3 heterocycles. The molecule has 0 saturated heterocycles. The van der Waals surface area contributed by atoms with Crippen molar-refractivity contribution in [1.29, 1.82) is 0 Å². The topological polar surface area (TPSA) is 117 Å². The Morgan fingerprint density at radius 2 is 1.97 bits per heavy atom.